The summed E-state index contributed by atoms with van der Waals surface area (Å²) in [4.78, 5) is 12.6. The van der Waals surface area contributed by atoms with Crippen LogP contribution in [0.25, 0.3) is 10.1 Å². The first-order valence-electron chi connectivity index (χ1n) is 6.13. The number of benzene rings is 1. The fraction of sp³-hybridized carbons (Fsp3) is 0.308. The molecule has 1 unspecified atom stereocenters. The standard InChI is InChI=1S/C13H15ClN2O3S2/c1-7(6-21(2,18)19)16-13(17)12-11(15)9-5-8(14)3-4-10(9)20-12/h3-5,7H,6,15H2,1-2H3,(H,16,17). The molecule has 2 rings (SSSR count). The Bertz CT molecular complexity index is 799. The first-order valence-corrected chi connectivity index (χ1v) is 9.39. The Hall–Kier alpha value is -1.31. The van der Waals surface area contributed by atoms with Gasteiger partial charge in [0.25, 0.3) is 5.91 Å². The summed E-state index contributed by atoms with van der Waals surface area (Å²) in [6.45, 7) is 1.64. The molecule has 1 aromatic heterocycles. The molecular formula is C13H15ClN2O3S2. The van der Waals surface area contributed by atoms with Crippen molar-refractivity contribution in [1.29, 1.82) is 0 Å². The lowest BCUT2D eigenvalue weighted by molar-refractivity contribution is 0.0948. The molecule has 1 atom stereocenters. The second-order valence-corrected chi connectivity index (χ2v) is 8.63. The van der Waals surface area contributed by atoms with E-state index in [1.807, 2.05) is 0 Å². The van der Waals surface area contributed by atoms with Gasteiger partial charge in [-0.1, -0.05) is 11.6 Å². The van der Waals surface area contributed by atoms with Crippen molar-refractivity contribution in [2.75, 3.05) is 17.7 Å². The summed E-state index contributed by atoms with van der Waals surface area (Å²) < 4.78 is 23.3. The average molecular weight is 347 g/mol. The second kappa shape index (κ2) is 5.82. The molecule has 0 fully saturated rings. The van der Waals surface area contributed by atoms with Gasteiger partial charge in [0.15, 0.2) is 0 Å². The minimum Gasteiger partial charge on any atom is -0.397 e. The number of halogens is 1. The Morgan fingerprint density at radius 2 is 2.14 bits per heavy atom. The van der Waals surface area contributed by atoms with Crippen LogP contribution in [0, 0.1) is 0 Å². The van der Waals surface area contributed by atoms with Gasteiger partial charge in [-0.3, -0.25) is 4.79 Å². The topological polar surface area (TPSA) is 89.3 Å². The lowest BCUT2D eigenvalue weighted by Gasteiger charge is -2.12. The number of carbonyl (C=O) groups excluding carboxylic acids is 1. The van der Waals surface area contributed by atoms with Gasteiger partial charge < -0.3 is 11.1 Å². The van der Waals surface area contributed by atoms with Crippen molar-refractivity contribution in [2.45, 2.75) is 13.0 Å². The van der Waals surface area contributed by atoms with Gasteiger partial charge in [-0.25, -0.2) is 8.42 Å². The quantitative estimate of drug-likeness (QED) is 0.888. The maximum atomic E-state index is 12.2. The van der Waals surface area contributed by atoms with Gasteiger partial charge in [0.1, 0.15) is 14.7 Å². The van der Waals surface area contributed by atoms with E-state index in [2.05, 4.69) is 5.32 Å². The van der Waals surface area contributed by atoms with E-state index in [9.17, 15) is 13.2 Å². The minimum atomic E-state index is -3.15. The molecule has 114 valence electrons. The summed E-state index contributed by atoms with van der Waals surface area (Å²) in [6.07, 6.45) is 1.13. The van der Waals surface area contributed by atoms with Crippen molar-refractivity contribution >= 4 is 54.5 Å². The number of nitrogen functional groups attached to an aromatic ring is 1. The summed E-state index contributed by atoms with van der Waals surface area (Å²) in [5, 5.41) is 3.92. The number of rotatable bonds is 4. The second-order valence-electron chi connectivity index (χ2n) is 4.95. The van der Waals surface area contributed by atoms with Gasteiger partial charge in [-0.2, -0.15) is 0 Å². The molecule has 0 aliphatic carbocycles. The van der Waals surface area contributed by atoms with Gasteiger partial charge in [0.2, 0.25) is 0 Å². The predicted octanol–water partition coefficient (Wildman–Crippen LogP) is 2.30. The lowest BCUT2D eigenvalue weighted by atomic mass is 10.2. The molecule has 0 saturated carbocycles. The smallest absolute Gasteiger partial charge is 0.263 e. The molecule has 0 bridgehead atoms. The van der Waals surface area contributed by atoms with E-state index >= 15 is 0 Å². The number of amides is 1. The lowest BCUT2D eigenvalue weighted by Crippen LogP contribution is -2.37. The molecule has 0 spiro atoms. The molecule has 21 heavy (non-hydrogen) atoms. The Kier molecular flexibility index (Phi) is 4.46. The molecule has 5 nitrogen and oxygen atoms in total. The molecular weight excluding hydrogens is 332 g/mol. The molecule has 1 heterocycles. The average Bonchev–Trinajstić information content (AvgIpc) is 2.64. The molecule has 1 amide bonds. The Morgan fingerprint density at radius 1 is 1.48 bits per heavy atom. The van der Waals surface area contributed by atoms with Crippen LogP contribution in [0.2, 0.25) is 5.02 Å². The van der Waals surface area contributed by atoms with E-state index in [0.717, 1.165) is 16.3 Å². The number of fused-ring (bicyclic) bond motifs is 1. The Labute approximate surface area is 132 Å². The Morgan fingerprint density at radius 3 is 2.76 bits per heavy atom. The van der Waals surface area contributed by atoms with Crippen molar-refractivity contribution in [1.82, 2.24) is 5.32 Å². The maximum absolute atomic E-state index is 12.2. The van der Waals surface area contributed by atoms with Gasteiger partial charge in [-0.15, -0.1) is 11.3 Å². The van der Waals surface area contributed by atoms with Crippen LogP contribution in [0.3, 0.4) is 0 Å². The van der Waals surface area contributed by atoms with Crippen molar-refractivity contribution < 1.29 is 13.2 Å². The fourth-order valence-electron chi connectivity index (χ4n) is 2.04. The molecule has 3 N–H and O–H groups in total. The van der Waals surface area contributed by atoms with Crippen molar-refractivity contribution in [3.8, 4) is 0 Å². The zero-order valence-electron chi connectivity index (χ0n) is 11.5. The molecule has 8 heteroatoms. The fourth-order valence-corrected chi connectivity index (χ4v) is 4.21. The number of anilines is 1. The molecule has 0 aliphatic rings. The number of thiophene rings is 1. The SMILES string of the molecule is CC(CS(C)(=O)=O)NC(=O)c1sc2ccc(Cl)cc2c1N. The first kappa shape index (κ1) is 16.1. The number of carbonyl (C=O) groups is 1. The normalized spacial score (nSPS) is 13.3. The summed E-state index contributed by atoms with van der Waals surface area (Å²) in [5.41, 5.74) is 6.35. The third-order valence-electron chi connectivity index (χ3n) is 2.82. The minimum absolute atomic E-state index is 0.116. The van der Waals surface area contributed by atoms with Gasteiger partial charge in [-0.05, 0) is 25.1 Å². The molecule has 0 saturated heterocycles. The highest BCUT2D eigenvalue weighted by Crippen LogP contribution is 2.35. The molecule has 1 aromatic carbocycles. The molecule has 0 radical (unpaired) electrons. The van der Waals surface area contributed by atoms with Crippen molar-refractivity contribution in [2.24, 2.45) is 0 Å². The first-order chi connectivity index (χ1) is 9.67. The third-order valence-corrected chi connectivity index (χ3v) is 5.35. The van der Waals surface area contributed by atoms with Crippen molar-refractivity contribution in [3.63, 3.8) is 0 Å². The zero-order chi connectivity index (χ0) is 15.8. The summed E-state index contributed by atoms with van der Waals surface area (Å²) in [7, 11) is -3.15. The van der Waals surface area contributed by atoms with Crippen molar-refractivity contribution in [3.05, 3.63) is 28.1 Å². The van der Waals surface area contributed by atoms with Crippen LogP contribution in [0.4, 0.5) is 5.69 Å². The van der Waals surface area contributed by atoms with Crippen LogP contribution >= 0.6 is 22.9 Å². The largest absolute Gasteiger partial charge is 0.397 e. The highest BCUT2D eigenvalue weighted by atomic mass is 35.5. The van der Waals surface area contributed by atoms with Crippen LogP contribution in [0.5, 0.6) is 0 Å². The third kappa shape index (κ3) is 3.87. The number of hydrogen-bond donors (Lipinski definition) is 2. The van der Waals surface area contributed by atoms with Crippen LogP contribution < -0.4 is 11.1 Å². The maximum Gasteiger partial charge on any atom is 0.263 e. The Balaban J connectivity index is 2.26. The molecule has 2 aromatic rings. The highest BCUT2D eigenvalue weighted by molar-refractivity contribution is 7.90. The monoisotopic (exact) mass is 346 g/mol. The van der Waals surface area contributed by atoms with Gasteiger partial charge in [0, 0.05) is 27.4 Å². The highest BCUT2D eigenvalue weighted by Gasteiger charge is 2.19. The number of nitrogens with one attached hydrogen (secondary N) is 1. The number of sulfone groups is 1. The zero-order valence-corrected chi connectivity index (χ0v) is 13.9. The van der Waals surface area contributed by atoms with E-state index in [-0.39, 0.29) is 11.7 Å². The van der Waals surface area contributed by atoms with Gasteiger partial charge >= 0.3 is 0 Å². The van der Waals surface area contributed by atoms with E-state index in [1.165, 1.54) is 11.3 Å². The van der Waals surface area contributed by atoms with E-state index < -0.39 is 15.9 Å². The van der Waals surface area contributed by atoms with Crippen LogP contribution in [-0.4, -0.2) is 32.4 Å². The number of hydrogen-bond acceptors (Lipinski definition) is 5. The van der Waals surface area contributed by atoms with Crippen LogP contribution in [-0.2, 0) is 9.84 Å². The number of nitrogens with two attached hydrogens (primary N) is 1. The van der Waals surface area contributed by atoms with Crippen LogP contribution in [0.1, 0.15) is 16.6 Å². The summed E-state index contributed by atoms with van der Waals surface area (Å²) in [6, 6.07) is 4.75. The summed E-state index contributed by atoms with van der Waals surface area (Å²) >= 11 is 7.17. The van der Waals surface area contributed by atoms with E-state index in [4.69, 9.17) is 17.3 Å². The molecule has 0 aliphatic heterocycles. The van der Waals surface area contributed by atoms with Crippen LogP contribution in [0.15, 0.2) is 18.2 Å². The predicted molar refractivity (Wildman–Crippen MR) is 87.9 cm³/mol. The van der Waals surface area contributed by atoms with Gasteiger partial charge in [0.05, 0.1) is 11.4 Å². The van der Waals surface area contributed by atoms with E-state index in [1.54, 1.807) is 25.1 Å². The van der Waals surface area contributed by atoms with E-state index in [0.29, 0.717) is 15.6 Å². The summed E-state index contributed by atoms with van der Waals surface area (Å²) in [5.74, 6) is -0.490.